The van der Waals surface area contributed by atoms with Gasteiger partial charge in [0.25, 0.3) is 0 Å². The standard InChI is InChI=1S/C15H16N2O2S2/c1-12(17-16)14-8-6-13(7-9-14)5-3-2-4-10-19-11-15(18)21-20/h6-9,12,17,20H,10-11,16H2,1H3/t12-/m1/s1. The Labute approximate surface area is 134 Å². The number of nitrogens with two attached hydrogens (primary N) is 1. The summed E-state index contributed by atoms with van der Waals surface area (Å²) in [5, 5.41) is -0.146. The van der Waals surface area contributed by atoms with Crippen LogP contribution in [0.5, 0.6) is 0 Å². The molecule has 0 saturated heterocycles. The SMILES string of the molecule is C[C@@H](NN)c1ccc(C#CC#CCOCC(=O)SS)cc1. The first-order chi connectivity index (χ1) is 10.2. The van der Waals surface area contributed by atoms with Crippen molar-refractivity contribution in [2.45, 2.75) is 13.0 Å². The van der Waals surface area contributed by atoms with E-state index in [1.165, 1.54) is 0 Å². The summed E-state index contributed by atoms with van der Waals surface area (Å²) in [7, 11) is 0.837. The van der Waals surface area contributed by atoms with Gasteiger partial charge in [0.2, 0.25) is 5.12 Å². The van der Waals surface area contributed by atoms with Crippen molar-refractivity contribution < 1.29 is 9.53 Å². The quantitative estimate of drug-likeness (QED) is 0.192. The van der Waals surface area contributed by atoms with Gasteiger partial charge in [-0.2, -0.15) is 0 Å². The third kappa shape index (κ3) is 7.24. The Morgan fingerprint density at radius 1 is 1.43 bits per heavy atom. The fourth-order valence-electron chi connectivity index (χ4n) is 1.35. The summed E-state index contributed by atoms with van der Waals surface area (Å²) in [6.07, 6.45) is 0. The van der Waals surface area contributed by atoms with Crippen molar-refractivity contribution in [1.29, 1.82) is 0 Å². The van der Waals surface area contributed by atoms with Crippen LogP contribution in [0.15, 0.2) is 24.3 Å². The molecular weight excluding hydrogens is 304 g/mol. The van der Waals surface area contributed by atoms with Crippen LogP contribution in [-0.4, -0.2) is 18.3 Å². The maximum atomic E-state index is 10.9. The molecule has 4 nitrogen and oxygen atoms in total. The van der Waals surface area contributed by atoms with Crippen molar-refractivity contribution in [2.75, 3.05) is 13.2 Å². The molecule has 0 unspecified atom stereocenters. The number of ether oxygens (including phenoxy) is 1. The van der Waals surface area contributed by atoms with Gasteiger partial charge in [0, 0.05) is 11.6 Å². The lowest BCUT2D eigenvalue weighted by molar-refractivity contribution is -0.114. The normalized spacial score (nSPS) is 10.8. The molecular formula is C15H16N2O2S2. The number of benzene rings is 1. The van der Waals surface area contributed by atoms with Gasteiger partial charge in [0.05, 0.1) is 0 Å². The summed E-state index contributed by atoms with van der Waals surface area (Å²) in [6, 6.07) is 7.85. The van der Waals surface area contributed by atoms with Gasteiger partial charge in [0.15, 0.2) is 0 Å². The van der Waals surface area contributed by atoms with Crippen molar-refractivity contribution in [3.63, 3.8) is 0 Å². The molecule has 3 N–H and O–H groups in total. The van der Waals surface area contributed by atoms with Crippen molar-refractivity contribution in [1.82, 2.24) is 5.43 Å². The number of carbonyl (C=O) groups is 1. The fraction of sp³-hybridized carbons (Fsp3) is 0.267. The minimum Gasteiger partial charge on any atom is -0.360 e. The molecule has 21 heavy (non-hydrogen) atoms. The average molecular weight is 320 g/mol. The largest absolute Gasteiger partial charge is 0.360 e. The zero-order valence-electron chi connectivity index (χ0n) is 11.6. The van der Waals surface area contributed by atoms with E-state index in [4.69, 9.17) is 10.6 Å². The number of hydrogen-bond donors (Lipinski definition) is 3. The summed E-state index contributed by atoms with van der Waals surface area (Å²) >= 11 is 3.76. The van der Waals surface area contributed by atoms with Gasteiger partial charge < -0.3 is 4.74 Å². The Morgan fingerprint density at radius 3 is 2.76 bits per heavy atom. The summed E-state index contributed by atoms with van der Waals surface area (Å²) in [5.41, 5.74) is 4.65. The van der Waals surface area contributed by atoms with Gasteiger partial charge >= 0.3 is 0 Å². The maximum absolute atomic E-state index is 10.9. The van der Waals surface area contributed by atoms with E-state index in [0.29, 0.717) is 0 Å². The van der Waals surface area contributed by atoms with Crippen LogP contribution in [0, 0.1) is 23.7 Å². The van der Waals surface area contributed by atoms with E-state index in [0.717, 1.165) is 21.9 Å². The van der Waals surface area contributed by atoms with Crippen LogP contribution in [0.3, 0.4) is 0 Å². The molecule has 1 aromatic carbocycles. The van der Waals surface area contributed by atoms with Crippen LogP contribution < -0.4 is 11.3 Å². The molecule has 6 heteroatoms. The molecule has 110 valence electrons. The number of rotatable bonds is 5. The zero-order valence-corrected chi connectivity index (χ0v) is 13.3. The van der Waals surface area contributed by atoms with Crippen molar-refractivity contribution in [3.8, 4) is 23.7 Å². The van der Waals surface area contributed by atoms with E-state index < -0.39 is 0 Å². The molecule has 0 aliphatic rings. The van der Waals surface area contributed by atoms with E-state index in [1.54, 1.807) is 0 Å². The van der Waals surface area contributed by atoms with Gasteiger partial charge in [-0.1, -0.05) is 24.0 Å². The predicted octanol–water partition coefficient (Wildman–Crippen LogP) is 1.69. The highest BCUT2D eigenvalue weighted by molar-refractivity contribution is 8.74. The lowest BCUT2D eigenvalue weighted by Crippen LogP contribution is -2.25. The van der Waals surface area contributed by atoms with E-state index in [-0.39, 0.29) is 24.4 Å². The summed E-state index contributed by atoms with van der Waals surface area (Å²) in [5.74, 6) is 16.4. The molecule has 0 aliphatic carbocycles. The summed E-state index contributed by atoms with van der Waals surface area (Å²) in [4.78, 5) is 10.9. The Morgan fingerprint density at radius 2 is 2.14 bits per heavy atom. The minimum absolute atomic E-state index is 0.00506. The molecule has 0 spiro atoms. The molecule has 1 aromatic rings. The van der Waals surface area contributed by atoms with E-state index >= 15 is 0 Å². The molecule has 0 bridgehead atoms. The maximum Gasteiger partial charge on any atom is 0.224 e. The Hall–Kier alpha value is -1.41. The van der Waals surface area contributed by atoms with Crippen molar-refractivity contribution >= 4 is 27.6 Å². The fourth-order valence-corrected chi connectivity index (χ4v) is 1.64. The topological polar surface area (TPSA) is 64.3 Å². The van der Waals surface area contributed by atoms with Crippen LogP contribution in [-0.2, 0) is 9.53 Å². The van der Waals surface area contributed by atoms with Crippen molar-refractivity contribution in [3.05, 3.63) is 35.4 Å². The molecule has 0 aliphatic heterocycles. The Balaban J connectivity index is 2.43. The van der Waals surface area contributed by atoms with Gasteiger partial charge in [-0.05, 0) is 47.3 Å². The van der Waals surface area contributed by atoms with E-state index in [2.05, 4.69) is 40.8 Å². The van der Waals surface area contributed by atoms with Crippen molar-refractivity contribution in [2.24, 2.45) is 5.84 Å². The second-order valence-electron chi connectivity index (χ2n) is 4.02. The average Bonchev–Trinajstić information content (AvgIpc) is 2.53. The number of carbonyl (C=O) groups excluding carboxylic acids is 1. The summed E-state index contributed by atoms with van der Waals surface area (Å²) < 4.78 is 5.01. The monoisotopic (exact) mass is 320 g/mol. The highest BCUT2D eigenvalue weighted by atomic mass is 33.1. The molecule has 0 radical (unpaired) electrons. The third-order valence-corrected chi connectivity index (χ3v) is 3.45. The van der Waals surface area contributed by atoms with Crippen LogP contribution >= 0.6 is 22.5 Å². The molecule has 0 heterocycles. The number of thiol groups is 1. The van der Waals surface area contributed by atoms with E-state index in [9.17, 15) is 4.79 Å². The lowest BCUT2D eigenvalue weighted by atomic mass is 10.1. The first kappa shape index (κ1) is 17.6. The lowest BCUT2D eigenvalue weighted by Gasteiger charge is -2.09. The smallest absolute Gasteiger partial charge is 0.224 e. The minimum atomic E-state index is -0.146. The highest BCUT2D eigenvalue weighted by Crippen LogP contribution is 2.11. The van der Waals surface area contributed by atoms with Gasteiger partial charge in [-0.15, -0.1) is 11.7 Å². The van der Waals surface area contributed by atoms with Gasteiger partial charge in [-0.25, -0.2) is 0 Å². The molecule has 0 aromatic heterocycles. The molecule has 1 atom stereocenters. The first-order valence-corrected chi connectivity index (χ1v) is 8.01. The van der Waals surface area contributed by atoms with E-state index in [1.807, 2.05) is 31.2 Å². The summed E-state index contributed by atoms with van der Waals surface area (Å²) in [6.45, 7) is 2.15. The molecule has 0 saturated carbocycles. The highest BCUT2D eigenvalue weighted by Gasteiger charge is 2.00. The van der Waals surface area contributed by atoms with Crippen LogP contribution in [0.4, 0.5) is 0 Å². The molecule has 0 amide bonds. The Bertz CT molecular complexity index is 580. The number of hydrazine groups is 1. The zero-order chi connectivity index (χ0) is 15.5. The Kier molecular flexibility index (Phi) is 8.68. The van der Waals surface area contributed by atoms with Crippen LogP contribution in [0.2, 0.25) is 0 Å². The van der Waals surface area contributed by atoms with Gasteiger partial charge in [0.1, 0.15) is 13.2 Å². The van der Waals surface area contributed by atoms with Gasteiger partial charge in [-0.3, -0.25) is 16.1 Å². The number of hydrogen-bond acceptors (Lipinski definition) is 6. The van der Waals surface area contributed by atoms with Crippen LogP contribution in [0.25, 0.3) is 0 Å². The van der Waals surface area contributed by atoms with Crippen LogP contribution in [0.1, 0.15) is 24.1 Å². The molecule has 1 rings (SSSR count). The molecule has 0 fully saturated rings. The predicted molar refractivity (Wildman–Crippen MR) is 89.2 cm³/mol. The second kappa shape index (κ2) is 10.3. The number of nitrogens with one attached hydrogen (secondary N) is 1. The second-order valence-corrected chi connectivity index (χ2v) is 5.20. The first-order valence-electron chi connectivity index (χ1n) is 6.14. The third-order valence-electron chi connectivity index (χ3n) is 2.51.